The number of hydrogen-bond donors (Lipinski definition) is 0. The fourth-order valence-electron chi connectivity index (χ4n) is 1.68. The zero-order chi connectivity index (χ0) is 15.6. The van der Waals surface area contributed by atoms with Gasteiger partial charge in [-0.1, -0.05) is 12.1 Å². The summed E-state index contributed by atoms with van der Waals surface area (Å²) >= 11 is 0. The van der Waals surface area contributed by atoms with Crippen molar-refractivity contribution in [2.45, 2.75) is 20.8 Å². The first-order valence-corrected chi connectivity index (χ1v) is 6.55. The van der Waals surface area contributed by atoms with E-state index in [1.807, 2.05) is 0 Å². The molecule has 0 aromatic heterocycles. The van der Waals surface area contributed by atoms with Gasteiger partial charge in [0, 0.05) is 11.6 Å². The third kappa shape index (κ3) is 3.66. The van der Waals surface area contributed by atoms with Crippen molar-refractivity contribution in [1.29, 1.82) is 0 Å². The van der Waals surface area contributed by atoms with Crippen molar-refractivity contribution in [3.05, 3.63) is 54.1 Å². The number of rotatable bonds is 2. The van der Waals surface area contributed by atoms with Gasteiger partial charge in [0.1, 0.15) is 17.4 Å². The topological polar surface area (TPSA) is 26.3 Å². The number of carbonyl (C=O) groups excluding carboxylic acids is 1. The van der Waals surface area contributed by atoms with Crippen LogP contribution in [0.4, 0.5) is 8.78 Å². The number of hydrogen-bond acceptors (Lipinski definition) is 2. The van der Waals surface area contributed by atoms with E-state index in [4.69, 9.17) is 4.74 Å². The maximum Gasteiger partial charge on any atom is 0.316 e. The highest BCUT2D eigenvalue weighted by Crippen LogP contribution is 2.27. The summed E-state index contributed by atoms with van der Waals surface area (Å²) in [5.41, 5.74) is 0.222. The van der Waals surface area contributed by atoms with Crippen molar-refractivity contribution in [2.75, 3.05) is 0 Å². The van der Waals surface area contributed by atoms with E-state index >= 15 is 0 Å². The van der Waals surface area contributed by atoms with Gasteiger partial charge in [-0.25, -0.2) is 8.78 Å². The van der Waals surface area contributed by atoms with E-state index in [1.165, 1.54) is 36.4 Å². The van der Waals surface area contributed by atoms with Crippen molar-refractivity contribution in [1.82, 2.24) is 0 Å². The molecule has 2 nitrogen and oxygen atoms in total. The second kappa shape index (κ2) is 5.64. The Labute approximate surface area is 122 Å². The summed E-state index contributed by atoms with van der Waals surface area (Å²) < 4.78 is 32.1. The molecule has 0 fully saturated rings. The standard InChI is InChI=1S/C17H16F2O2/c1-17(2,3)16(20)21-13-8-9-14(15(19)10-13)11-4-6-12(18)7-5-11/h4-10H,1-3H3. The van der Waals surface area contributed by atoms with Crippen LogP contribution in [0, 0.1) is 17.0 Å². The molecule has 110 valence electrons. The molecule has 0 N–H and O–H groups in total. The SMILES string of the molecule is CC(C)(C)C(=O)Oc1ccc(-c2ccc(F)cc2)c(F)c1. The van der Waals surface area contributed by atoms with Gasteiger partial charge in [-0.3, -0.25) is 4.79 Å². The van der Waals surface area contributed by atoms with Gasteiger partial charge in [0.2, 0.25) is 0 Å². The summed E-state index contributed by atoms with van der Waals surface area (Å²) in [6.45, 7) is 5.16. The molecule has 2 aromatic rings. The molecular weight excluding hydrogens is 274 g/mol. The van der Waals surface area contributed by atoms with E-state index < -0.39 is 17.2 Å². The van der Waals surface area contributed by atoms with Gasteiger partial charge in [-0.2, -0.15) is 0 Å². The van der Waals surface area contributed by atoms with Crippen LogP contribution in [-0.4, -0.2) is 5.97 Å². The second-order valence-electron chi connectivity index (χ2n) is 5.79. The number of halogens is 2. The Bertz CT molecular complexity index is 655. The molecular formula is C17H16F2O2. The van der Waals surface area contributed by atoms with Gasteiger partial charge in [0.25, 0.3) is 0 Å². The first kappa shape index (κ1) is 15.2. The highest BCUT2D eigenvalue weighted by atomic mass is 19.1. The number of esters is 1. The molecule has 2 aromatic carbocycles. The maximum absolute atomic E-state index is 14.1. The second-order valence-corrected chi connectivity index (χ2v) is 5.79. The van der Waals surface area contributed by atoms with Gasteiger partial charge in [-0.15, -0.1) is 0 Å². The molecule has 0 saturated heterocycles. The van der Waals surface area contributed by atoms with Crippen LogP contribution >= 0.6 is 0 Å². The van der Waals surface area contributed by atoms with Crippen molar-refractivity contribution in [2.24, 2.45) is 5.41 Å². The van der Waals surface area contributed by atoms with E-state index in [-0.39, 0.29) is 11.6 Å². The first-order chi connectivity index (χ1) is 9.77. The Hall–Kier alpha value is -2.23. The molecule has 0 aliphatic heterocycles. The minimum absolute atomic E-state index is 0.151. The van der Waals surface area contributed by atoms with Crippen LogP contribution in [0.1, 0.15) is 20.8 Å². The van der Waals surface area contributed by atoms with E-state index in [1.54, 1.807) is 20.8 Å². The highest BCUT2D eigenvalue weighted by molar-refractivity contribution is 5.78. The molecule has 0 unspecified atom stereocenters. The molecule has 0 spiro atoms. The summed E-state index contributed by atoms with van der Waals surface area (Å²) in [4.78, 5) is 11.8. The smallest absolute Gasteiger partial charge is 0.316 e. The summed E-state index contributed by atoms with van der Waals surface area (Å²) in [5.74, 6) is -1.19. The van der Waals surface area contributed by atoms with Gasteiger partial charge in [0.15, 0.2) is 0 Å². The molecule has 4 heteroatoms. The van der Waals surface area contributed by atoms with Crippen LogP contribution in [0.3, 0.4) is 0 Å². The Balaban J connectivity index is 2.26. The highest BCUT2D eigenvalue weighted by Gasteiger charge is 2.24. The van der Waals surface area contributed by atoms with Crippen LogP contribution < -0.4 is 4.74 Å². The van der Waals surface area contributed by atoms with Crippen LogP contribution in [-0.2, 0) is 4.79 Å². The van der Waals surface area contributed by atoms with Crippen molar-refractivity contribution < 1.29 is 18.3 Å². The Morgan fingerprint density at radius 2 is 1.62 bits per heavy atom. The summed E-state index contributed by atoms with van der Waals surface area (Å²) in [5, 5.41) is 0. The van der Waals surface area contributed by atoms with Gasteiger partial charge in [-0.05, 0) is 50.6 Å². The first-order valence-electron chi connectivity index (χ1n) is 6.55. The molecule has 0 atom stereocenters. The van der Waals surface area contributed by atoms with Crippen LogP contribution in [0.2, 0.25) is 0 Å². The van der Waals surface area contributed by atoms with Gasteiger partial charge in [0.05, 0.1) is 5.41 Å². The monoisotopic (exact) mass is 290 g/mol. The zero-order valence-electron chi connectivity index (χ0n) is 12.1. The minimum atomic E-state index is -0.661. The lowest BCUT2D eigenvalue weighted by Crippen LogP contribution is -2.25. The molecule has 0 aliphatic rings. The fraction of sp³-hybridized carbons (Fsp3) is 0.235. The molecule has 21 heavy (non-hydrogen) atoms. The number of ether oxygens (including phenoxy) is 1. The van der Waals surface area contributed by atoms with Crippen molar-refractivity contribution in [3.8, 4) is 16.9 Å². The molecule has 0 radical (unpaired) electrons. The van der Waals surface area contributed by atoms with Crippen LogP contribution in [0.15, 0.2) is 42.5 Å². The molecule has 0 heterocycles. The zero-order valence-corrected chi connectivity index (χ0v) is 12.1. The van der Waals surface area contributed by atoms with Crippen LogP contribution in [0.5, 0.6) is 5.75 Å². The molecule has 0 saturated carbocycles. The normalized spacial score (nSPS) is 11.3. The number of carbonyl (C=O) groups is 1. The average Bonchev–Trinajstić information content (AvgIpc) is 2.39. The Morgan fingerprint density at radius 1 is 1.00 bits per heavy atom. The van der Waals surface area contributed by atoms with Crippen LogP contribution in [0.25, 0.3) is 11.1 Å². The van der Waals surface area contributed by atoms with E-state index in [9.17, 15) is 13.6 Å². The molecule has 0 aliphatic carbocycles. The molecule has 2 rings (SSSR count). The number of benzene rings is 2. The quantitative estimate of drug-likeness (QED) is 0.597. The van der Waals surface area contributed by atoms with E-state index in [0.29, 0.717) is 11.1 Å². The predicted octanol–water partition coefficient (Wildman–Crippen LogP) is 4.58. The third-order valence-electron chi connectivity index (χ3n) is 2.92. The average molecular weight is 290 g/mol. The van der Waals surface area contributed by atoms with E-state index in [2.05, 4.69) is 0 Å². The molecule has 0 bridgehead atoms. The third-order valence-corrected chi connectivity index (χ3v) is 2.92. The van der Waals surface area contributed by atoms with E-state index in [0.717, 1.165) is 6.07 Å². The minimum Gasteiger partial charge on any atom is -0.426 e. The Morgan fingerprint density at radius 3 is 2.14 bits per heavy atom. The van der Waals surface area contributed by atoms with Gasteiger partial charge >= 0.3 is 5.97 Å². The van der Waals surface area contributed by atoms with Crippen molar-refractivity contribution in [3.63, 3.8) is 0 Å². The lowest BCUT2D eigenvalue weighted by Gasteiger charge is -2.16. The molecule has 0 amide bonds. The van der Waals surface area contributed by atoms with Crippen molar-refractivity contribution >= 4 is 5.97 Å². The largest absolute Gasteiger partial charge is 0.426 e. The maximum atomic E-state index is 14.1. The summed E-state index contributed by atoms with van der Waals surface area (Å²) in [7, 11) is 0. The summed E-state index contributed by atoms with van der Waals surface area (Å²) in [6, 6.07) is 9.70. The lowest BCUT2D eigenvalue weighted by molar-refractivity contribution is -0.143. The lowest BCUT2D eigenvalue weighted by atomic mass is 9.97. The predicted molar refractivity (Wildman–Crippen MR) is 76.9 cm³/mol. The Kier molecular flexibility index (Phi) is 4.07. The summed E-state index contributed by atoms with van der Waals surface area (Å²) in [6.07, 6.45) is 0. The van der Waals surface area contributed by atoms with Gasteiger partial charge < -0.3 is 4.74 Å². The fourth-order valence-corrected chi connectivity index (χ4v) is 1.68.